The maximum atomic E-state index is 12.2. The average Bonchev–Trinajstić information content (AvgIpc) is 2.95. The molecule has 1 aromatic heterocycles. The maximum absolute atomic E-state index is 12.2. The highest BCUT2D eigenvalue weighted by Crippen LogP contribution is 2.25. The SMILES string of the molecule is O=C(O)CN(C(=O)c1ccc(Cl)o1)C1CCCC1. The van der Waals surface area contributed by atoms with Gasteiger partial charge in [0.2, 0.25) is 0 Å². The number of nitrogens with zero attached hydrogens (tertiary/aromatic N) is 1. The summed E-state index contributed by atoms with van der Waals surface area (Å²) in [5.74, 6) is -1.34. The van der Waals surface area contributed by atoms with E-state index in [2.05, 4.69) is 0 Å². The van der Waals surface area contributed by atoms with Gasteiger partial charge in [-0.3, -0.25) is 9.59 Å². The molecule has 2 rings (SSSR count). The van der Waals surface area contributed by atoms with E-state index >= 15 is 0 Å². The molecule has 0 atom stereocenters. The van der Waals surface area contributed by atoms with Gasteiger partial charge in [0.1, 0.15) is 6.54 Å². The predicted octanol–water partition coefficient (Wildman–Crippen LogP) is 2.40. The minimum atomic E-state index is -1.02. The molecule has 0 spiro atoms. The molecule has 1 saturated carbocycles. The van der Waals surface area contributed by atoms with Gasteiger partial charge in [0, 0.05) is 6.04 Å². The van der Waals surface area contributed by atoms with Crippen molar-refractivity contribution in [2.24, 2.45) is 0 Å². The lowest BCUT2D eigenvalue weighted by atomic mass is 10.2. The van der Waals surface area contributed by atoms with Crippen LogP contribution in [0.15, 0.2) is 16.5 Å². The van der Waals surface area contributed by atoms with E-state index < -0.39 is 11.9 Å². The fraction of sp³-hybridized carbons (Fsp3) is 0.500. The molecule has 0 unspecified atom stereocenters. The fourth-order valence-corrected chi connectivity index (χ4v) is 2.45. The predicted molar refractivity (Wildman–Crippen MR) is 64.6 cm³/mol. The van der Waals surface area contributed by atoms with Crippen LogP contribution >= 0.6 is 11.6 Å². The average molecular weight is 272 g/mol. The molecule has 0 bridgehead atoms. The highest BCUT2D eigenvalue weighted by Gasteiger charge is 2.30. The van der Waals surface area contributed by atoms with Gasteiger partial charge in [-0.25, -0.2) is 0 Å². The molecule has 1 N–H and O–H groups in total. The summed E-state index contributed by atoms with van der Waals surface area (Å²) in [6, 6.07) is 2.93. The third-order valence-corrected chi connectivity index (χ3v) is 3.32. The number of amides is 1. The quantitative estimate of drug-likeness (QED) is 0.913. The third kappa shape index (κ3) is 2.85. The van der Waals surface area contributed by atoms with Crippen molar-refractivity contribution < 1.29 is 19.1 Å². The highest BCUT2D eigenvalue weighted by molar-refractivity contribution is 6.29. The van der Waals surface area contributed by atoms with E-state index in [1.54, 1.807) is 0 Å². The number of carboxylic acids is 1. The number of halogens is 1. The lowest BCUT2D eigenvalue weighted by molar-refractivity contribution is -0.138. The molecule has 98 valence electrons. The lowest BCUT2D eigenvalue weighted by Gasteiger charge is -2.26. The van der Waals surface area contributed by atoms with E-state index in [9.17, 15) is 9.59 Å². The molecule has 5 nitrogen and oxygen atoms in total. The molecule has 1 aliphatic rings. The summed E-state index contributed by atoms with van der Waals surface area (Å²) in [7, 11) is 0. The van der Waals surface area contributed by atoms with E-state index in [-0.39, 0.29) is 23.6 Å². The topological polar surface area (TPSA) is 70.8 Å². The van der Waals surface area contributed by atoms with Crippen molar-refractivity contribution >= 4 is 23.5 Å². The molecular weight excluding hydrogens is 258 g/mol. The second-order valence-corrected chi connectivity index (χ2v) is 4.74. The first-order chi connectivity index (χ1) is 8.58. The summed E-state index contributed by atoms with van der Waals surface area (Å²) >= 11 is 5.62. The van der Waals surface area contributed by atoms with Crippen molar-refractivity contribution in [3.05, 3.63) is 23.1 Å². The van der Waals surface area contributed by atoms with Crippen molar-refractivity contribution in [2.45, 2.75) is 31.7 Å². The number of carboxylic acid groups (broad SMARTS) is 1. The molecule has 1 heterocycles. The molecule has 18 heavy (non-hydrogen) atoms. The summed E-state index contributed by atoms with van der Waals surface area (Å²) in [5, 5.41) is 9.02. The number of aliphatic carboxylic acids is 1. The minimum Gasteiger partial charge on any atom is -0.480 e. The molecular formula is C12H14ClNO4. The Kier molecular flexibility index (Phi) is 3.91. The Morgan fingerprint density at radius 3 is 2.56 bits per heavy atom. The second kappa shape index (κ2) is 5.44. The van der Waals surface area contributed by atoms with Gasteiger partial charge in [-0.1, -0.05) is 12.8 Å². The van der Waals surface area contributed by atoms with Crippen LogP contribution in [0.5, 0.6) is 0 Å². The van der Waals surface area contributed by atoms with Crippen LogP contribution in [-0.2, 0) is 4.79 Å². The number of furan rings is 1. The van der Waals surface area contributed by atoms with E-state index in [1.807, 2.05) is 0 Å². The van der Waals surface area contributed by atoms with Crippen molar-refractivity contribution in [1.29, 1.82) is 0 Å². The maximum Gasteiger partial charge on any atom is 0.323 e. The monoisotopic (exact) mass is 271 g/mol. The van der Waals surface area contributed by atoms with Crippen LogP contribution in [0.2, 0.25) is 5.22 Å². The zero-order valence-corrected chi connectivity index (χ0v) is 10.5. The van der Waals surface area contributed by atoms with Crippen LogP contribution < -0.4 is 0 Å². The molecule has 1 amide bonds. The molecule has 0 radical (unpaired) electrons. The van der Waals surface area contributed by atoms with Gasteiger partial charge in [0.25, 0.3) is 5.91 Å². The Hall–Kier alpha value is -1.49. The summed E-state index contributed by atoms with van der Waals surface area (Å²) < 4.78 is 5.05. The second-order valence-electron chi connectivity index (χ2n) is 4.37. The van der Waals surface area contributed by atoms with Crippen LogP contribution in [-0.4, -0.2) is 34.5 Å². The highest BCUT2D eigenvalue weighted by atomic mass is 35.5. The normalized spacial score (nSPS) is 15.8. The molecule has 0 saturated heterocycles. The Labute approximate surface area is 109 Å². The van der Waals surface area contributed by atoms with Gasteiger partial charge in [-0.15, -0.1) is 0 Å². The van der Waals surface area contributed by atoms with E-state index in [4.69, 9.17) is 21.1 Å². The van der Waals surface area contributed by atoms with Crippen molar-refractivity contribution in [3.63, 3.8) is 0 Å². The Morgan fingerprint density at radius 2 is 2.06 bits per heavy atom. The third-order valence-electron chi connectivity index (χ3n) is 3.12. The van der Waals surface area contributed by atoms with Crippen LogP contribution in [0.4, 0.5) is 0 Å². The van der Waals surface area contributed by atoms with Gasteiger partial charge in [0.05, 0.1) is 0 Å². The van der Waals surface area contributed by atoms with Crippen LogP contribution in [0.25, 0.3) is 0 Å². The van der Waals surface area contributed by atoms with Crippen LogP contribution in [0, 0.1) is 0 Å². The van der Waals surface area contributed by atoms with Crippen molar-refractivity contribution in [3.8, 4) is 0 Å². The summed E-state index contributed by atoms with van der Waals surface area (Å²) in [6.07, 6.45) is 3.72. The van der Waals surface area contributed by atoms with Gasteiger partial charge in [0.15, 0.2) is 11.0 Å². The standard InChI is InChI=1S/C12H14ClNO4/c13-10-6-5-9(18-10)12(17)14(7-11(15)16)8-3-1-2-4-8/h5-6,8H,1-4,7H2,(H,15,16). The first kappa shape index (κ1) is 13.0. The summed E-state index contributed by atoms with van der Waals surface area (Å²) in [6.45, 7) is -0.304. The van der Waals surface area contributed by atoms with E-state index in [1.165, 1.54) is 17.0 Å². The summed E-state index contributed by atoms with van der Waals surface area (Å²) in [4.78, 5) is 24.4. The number of hydrogen-bond acceptors (Lipinski definition) is 3. The molecule has 1 fully saturated rings. The van der Waals surface area contributed by atoms with Gasteiger partial charge in [-0.2, -0.15) is 0 Å². The first-order valence-corrected chi connectivity index (χ1v) is 6.24. The number of rotatable bonds is 4. The van der Waals surface area contributed by atoms with Gasteiger partial charge < -0.3 is 14.4 Å². The fourth-order valence-electron chi connectivity index (χ4n) is 2.30. The van der Waals surface area contributed by atoms with Crippen LogP contribution in [0.1, 0.15) is 36.2 Å². The lowest BCUT2D eigenvalue weighted by Crippen LogP contribution is -2.42. The molecule has 1 aromatic rings. The van der Waals surface area contributed by atoms with E-state index in [0.29, 0.717) is 0 Å². The van der Waals surface area contributed by atoms with E-state index in [0.717, 1.165) is 25.7 Å². The summed E-state index contributed by atoms with van der Waals surface area (Å²) in [5.41, 5.74) is 0. The van der Waals surface area contributed by atoms with Gasteiger partial charge in [-0.05, 0) is 36.6 Å². The number of carbonyl (C=O) groups is 2. The van der Waals surface area contributed by atoms with Crippen LogP contribution in [0.3, 0.4) is 0 Å². The van der Waals surface area contributed by atoms with Crippen molar-refractivity contribution in [2.75, 3.05) is 6.54 Å². The molecule has 1 aliphatic carbocycles. The Bertz CT molecular complexity index is 451. The zero-order chi connectivity index (χ0) is 13.1. The minimum absolute atomic E-state index is 0.0162. The molecule has 0 aromatic carbocycles. The zero-order valence-electron chi connectivity index (χ0n) is 9.76. The molecule has 0 aliphatic heterocycles. The Morgan fingerprint density at radius 1 is 1.39 bits per heavy atom. The van der Waals surface area contributed by atoms with Gasteiger partial charge >= 0.3 is 5.97 Å². The number of hydrogen-bond donors (Lipinski definition) is 1. The molecule has 6 heteroatoms. The van der Waals surface area contributed by atoms with Crippen molar-refractivity contribution in [1.82, 2.24) is 4.90 Å². The number of carbonyl (C=O) groups excluding carboxylic acids is 1. The smallest absolute Gasteiger partial charge is 0.323 e. The Balaban J connectivity index is 2.17. The largest absolute Gasteiger partial charge is 0.480 e. The first-order valence-electron chi connectivity index (χ1n) is 5.86.